The molecule has 154 valence electrons. The molecule has 3 rings (SSSR count). The zero-order chi connectivity index (χ0) is 21.2. The van der Waals surface area contributed by atoms with E-state index in [-0.39, 0.29) is 24.3 Å². The third-order valence-electron chi connectivity index (χ3n) is 4.53. The number of nitrogens with one attached hydrogen (secondary N) is 1. The zero-order valence-corrected chi connectivity index (χ0v) is 16.6. The topological polar surface area (TPSA) is 59.3 Å². The molecule has 0 bridgehead atoms. The molecule has 1 N–H and O–H groups in total. The predicted octanol–water partition coefficient (Wildman–Crippen LogP) is 4.96. The van der Waals surface area contributed by atoms with Crippen LogP contribution in [0.2, 0.25) is 5.15 Å². The molecule has 29 heavy (non-hydrogen) atoms. The highest BCUT2D eigenvalue weighted by molar-refractivity contribution is 6.30. The average Bonchev–Trinajstić information content (AvgIpc) is 3.05. The van der Waals surface area contributed by atoms with Crippen molar-refractivity contribution in [3.8, 4) is 0 Å². The van der Waals surface area contributed by atoms with Crippen molar-refractivity contribution >= 4 is 23.2 Å². The van der Waals surface area contributed by atoms with Gasteiger partial charge in [0.2, 0.25) is 0 Å². The van der Waals surface area contributed by atoms with Crippen LogP contribution in [0.4, 0.5) is 13.2 Å². The van der Waals surface area contributed by atoms with Crippen molar-refractivity contribution in [3.05, 3.63) is 64.8 Å². The summed E-state index contributed by atoms with van der Waals surface area (Å²) >= 11 is 6.12. The summed E-state index contributed by atoms with van der Waals surface area (Å²) in [7, 11) is 0. The lowest BCUT2D eigenvalue weighted by atomic mass is 9.91. The highest BCUT2D eigenvalue weighted by Gasteiger charge is 2.32. The van der Waals surface area contributed by atoms with E-state index in [1.165, 1.54) is 22.9 Å². The monoisotopic (exact) mass is 424 g/mol. The maximum Gasteiger partial charge on any atom is 0.433 e. The summed E-state index contributed by atoms with van der Waals surface area (Å²) in [6.07, 6.45) is -1.11. The molecule has 9 heteroatoms. The lowest BCUT2D eigenvalue weighted by molar-refractivity contribution is -0.141. The lowest BCUT2D eigenvalue weighted by Gasteiger charge is -2.20. The summed E-state index contributed by atoms with van der Waals surface area (Å²) in [5.41, 5.74) is 0.591. The largest absolute Gasteiger partial charge is 0.433 e. The minimum atomic E-state index is -4.48. The van der Waals surface area contributed by atoms with Crippen LogP contribution < -0.4 is 5.32 Å². The van der Waals surface area contributed by atoms with E-state index >= 15 is 0 Å². The zero-order valence-electron chi connectivity index (χ0n) is 15.9. The highest BCUT2D eigenvalue weighted by Crippen LogP contribution is 2.29. The van der Waals surface area contributed by atoms with Gasteiger partial charge < -0.3 is 5.32 Å². The maximum absolute atomic E-state index is 12.8. The number of hydrogen-bond acceptors (Lipinski definition) is 3. The second-order valence-electron chi connectivity index (χ2n) is 7.20. The number of amides is 1. The molecule has 5 nitrogen and oxygen atoms in total. The minimum Gasteiger partial charge on any atom is -0.350 e. The number of carbonyl (C=O) groups excluding carboxylic acids is 1. The van der Waals surface area contributed by atoms with Gasteiger partial charge in [-0.2, -0.15) is 13.2 Å². The molecule has 0 aliphatic carbocycles. The Balaban J connectivity index is 1.78. The lowest BCUT2D eigenvalue weighted by Crippen LogP contribution is -2.30. The second-order valence-corrected chi connectivity index (χ2v) is 7.58. The van der Waals surface area contributed by atoms with Gasteiger partial charge >= 0.3 is 6.18 Å². The van der Waals surface area contributed by atoms with E-state index in [2.05, 4.69) is 15.3 Å². The molecule has 1 atom stereocenters. The normalized spacial score (nSPS) is 13.1. The predicted molar refractivity (Wildman–Crippen MR) is 104 cm³/mol. The first-order valence-electron chi connectivity index (χ1n) is 9.10. The Labute approximate surface area is 170 Å². The van der Waals surface area contributed by atoms with Crippen molar-refractivity contribution in [1.82, 2.24) is 19.7 Å². The molecule has 0 saturated carbocycles. The van der Waals surface area contributed by atoms with Crippen LogP contribution in [0.25, 0.3) is 5.65 Å². The molecule has 3 aromatic rings. The van der Waals surface area contributed by atoms with Crippen LogP contribution in [0.1, 0.15) is 47.9 Å². The van der Waals surface area contributed by atoms with Crippen molar-refractivity contribution in [3.63, 3.8) is 0 Å². The van der Waals surface area contributed by atoms with Gasteiger partial charge in [-0.05, 0) is 36.1 Å². The number of rotatable bonds is 6. The molecule has 0 aromatic carbocycles. The molecule has 0 spiro atoms. The van der Waals surface area contributed by atoms with Crippen LogP contribution in [-0.4, -0.2) is 26.8 Å². The molecule has 0 radical (unpaired) electrons. The first-order valence-corrected chi connectivity index (χ1v) is 9.48. The Morgan fingerprint density at radius 3 is 2.55 bits per heavy atom. The van der Waals surface area contributed by atoms with Gasteiger partial charge in [0, 0.05) is 18.7 Å². The molecule has 0 saturated heterocycles. The van der Waals surface area contributed by atoms with Crippen LogP contribution in [-0.2, 0) is 6.18 Å². The van der Waals surface area contributed by atoms with Crippen molar-refractivity contribution < 1.29 is 18.0 Å². The fraction of sp³-hybridized carbons (Fsp3) is 0.350. The molecule has 3 aromatic heterocycles. The molecule has 1 amide bonds. The van der Waals surface area contributed by atoms with Crippen molar-refractivity contribution in [2.75, 3.05) is 6.54 Å². The number of aromatic nitrogens is 3. The van der Waals surface area contributed by atoms with Gasteiger partial charge in [-0.15, -0.1) is 0 Å². The second kappa shape index (κ2) is 8.41. The summed E-state index contributed by atoms with van der Waals surface area (Å²) in [6.45, 7) is 4.28. The van der Waals surface area contributed by atoms with Gasteiger partial charge in [-0.1, -0.05) is 37.6 Å². The molecule has 0 fully saturated rings. The van der Waals surface area contributed by atoms with E-state index < -0.39 is 11.9 Å². The molecule has 3 heterocycles. The van der Waals surface area contributed by atoms with Gasteiger partial charge in [0.25, 0.3) is 5.91 Å². The Morgan fingerprint density at radius 2 is 1.93 bits per heavy atom. The van der Waals surface area contributed by atoms with Crippen molar-refractivity contribution in [2.45, 2.75) is 32.4 Å². The Hall–Kier alpha value is -2.61. The van der Waals surface area contributed by atoms with Crippen LogP contribution in [0.15, 0.2) is 42.7 Å². The van der Waals surface area contributed by atoms with Gasteiger partial charge in [0.05, 0.1) is 6.20 Å². The number of imidazole rings is 1. The minimum absolute atomic E-state index is 0.175. The molecule has 1 unspecified atom stereocenters. The summed E-state index contributed by atoms with van der Waals surface area (Å²) in [5.74, 6) is -0.235. The number of halogens is 4. The number of hydrogen-bond donors (Lipinski definition) is 1. The quantitative estimate of drug-likeness (QED) is 0.608. The number of pyridine rings is 2. The van der Waals surface area contributed by atoms with Crippen LogP contribution in [0.3, 0.4) is 0 Å². The number of carbonyl (C=O) groups is 1. The van der Waals surface area contributed by atoms with E-state index in [9.17, 15) is 18.0 Å². The van der Waals surface area contributed by atoms with Gasteiger partial charge in [0.15, 0.2) is 0 Å². The van der Waals surface area contributed by atoms with Crippen molar-refractivity contribution in [1.29, 1.82) is 0 Å². The Morgan fingerprint density at radius 1 is 1.17 bits per heavy atom. The Bertz CT molecular complexity index is 999. The SMILES string of the molecule is CC(C)CC(CNC(=O)c1cccc2ncc(Cl)n12)c1ccc(C(F)(F)F)nc1. The third kappa shape index (κ3) is 4.87. The van der Waals surface area contributed by atoms with E-state index in [1.807, 2.05) is 13.8 Å². The van der Waals surface area contributed by atoms with E-state index in [4.69, 9.17) is 11.6 Å². The van der Waals surface area contributed by atoms with Crippen LogP contribution >= 0.6 is 11.6 Å². The first kappa shape index (κ1) is 21.1. The van der Waals surface area contributed by atoms with Gasteiger partial charge in [-0.25, -0.2) is 4.98 Å². The van der Waals surface area contributed by atoms with E-state index in [1.54, 1.807) is 18.2 Å². The van der Waals surface area contributed by atoms with Crippen molar-refractivity contribution in [2.24, 2.45) is 5.92 Å². The summed E-state index contributed by atoms with van der Waals surface area (Å²) in [5, 5.41) is 3.18. The highest BCUT2D eigenvalue weighted by atomic mass is 35.5. The maximum atomic E-state index is 12.8. The number of fused-ring (bicyclic) bond motifs is 1. The smallest absolute Gasteiger partial charge is 0.350 e. The van der Waals surface area contributed by atoms with Crippen LogP contribution in [0.5, 0.6) is 0 Å². The average molecular weight is 425 g/mol. The van der Waals surface area contributed by atoms with Crippen LogP contribution in [0, 0.1) is 5.92 Å². The van der Waals surface area contributed by atoms with E-state index in [0.717, 1.165) is 6.07 Å². The fourth-order valence-corrected chi connectivity index (χ4v) is 3.43. The third-order valence-corrected chi connectivity index (χ3v) is 4.80. The first-order chi connectivity index (χ1) is 13.7. The molecule has 0 aliphatic heterocycles. The van der Waals surface area contributed by atoms with Gasteiger partial charge in [0.1, 0.15) is 22.2 Å². The molecular formula is C20H20ClF3N4O. The standard InChI is InChI=1S/C20H20ClF3N4O/c1-12(2)8-14(13-6-7-16(25-9-13)20(22,23)24)10-27-19(29)15-4-3-5-18-26-11-17(21)28(15)18/h3-7,9,11-12,14H,8,10H2,1-2H3,(H,27,29). The fourth-order valence-electron chi connectivity index (χ4n) is 3.20. The molecule has 0 aliphatic rings. The molecular weight excluding hydrogens is 405 g/mol. The number of alkyl halides is 3. The summed E-state index contributed by atoms with van der Waals surface area (Å²) in [6, 6.07) is 7.46. The number of nitrogens with zero attached hydrogens (tertiary/aromatic N) is 3. The Kier molecular flexibility index (Phi) is 6.12. The van der Waals surface area contributed by atoms with E-state index in [0.29, 0.717) is 28.5 Å². The summed E-state index contributed by atoms with van der Waals surface area (Å²) in [4.78, 5) is 20.4. The van der Waals surface area contributed by atoms with Gasteiger partial charge in [-0.3, -0.25) is 14.2 Å². The summed E-state index contributed by atoms with van der Waals surface area (Å²) < 4.78 is 39.8.